The lowest BCUT2D eigenvalue weighted by Gasteiger charge is -2.34. The van der Waals surface area contributed by atoms with Crippen LogP contribution in [-0.2, 0) is 11.0 Å². The monoisotopic (exact) mass is 389 g/mol. The van der Waals surface area contributed by atoms with Gasteiger partial charge >= 0.3 is 12.2 Å². The van der Waals surface area contributed by atoms with Gasteiger partial charge in [0.1, 0.15) is 5.92 Å². The van der Waals surface area contributed by atoms with E-state index in [1.165, 1.54) is 18.2 Å². The lowest BCUT2D eigenvalue weighted by Crippen LogP contribution is -2.51. The zero-order chi connectivity index (χ0) is 20.5. The summed E-state index contributed by atoms with van der Waals surface area (Å²) in [5.74, 6) is -1.71. The summed E-state index contributed by atoms with van der Waals surface area (Å²) in [6.07, 6.45) is -4.61. The number of anilines is 1. The fraction of sp³-hybridized carbons (Fsp3) is 0.200. The third kappa shape index (κ3) is 4.00. The summed E-state index contributed by atoms with van der Waals surface area (Å²) in [6, 6.07) is 10.6. The molecule has 1 saturated heterocycles. The topological polar surface area (TPSA) is 70.2 Å². The van der Waals surface area contributed by atoms with Crippen molar-refractivity contribution in [3.05, 3.63) is 77.5 Å². The predicted octanol–water partition coefficient (Wildman–Crippen LogP) is 4.14. The van der Waals surface area contributed by atoms with Crippen LogP contribution < -0.4 is 16.0 Å². The van der Waals surface area contributed by atoms with Crippen LogP contribution in [0.4, 0.5) is 23.7 Å². The maximum Gasteiger partial charge on any atom is 0.418 e. The minimum absolute atomic E-state index is 0.108. The van der Waals surface area contributed by atoms with Crippen LogP contribution in [0, 0.1) is 12.8 Å². The molecule has 28 heavy (non-hydrogen) atoms. The van der Waals surface area contributed by atoms with Gasteiger partial charge in [-0.2, -0.15) is 13.2 Å². The highest BCUT2D eigenvalue weighted by molar-refractivity contribution is 5.97. The van der Waals surface area contributed by atoms with Gasteiger partial charge in [0.05, 0.1) is 17.3 Å². The lowest BCUT2D eigenvalue weighted by atomic mass is 9.88. The molecule has 0 radical (unpaired) electrons. The largest absolute Gasteiger partial charge is 0.418 e. The number of alkyl halides is 3. The van der Waals surface area contributed by atoms with Gasteiger partial charge in [-0.25, -0.2) is 4.79 Å². The second kappa shape index (κ2) is 7.38. The van der Waals surface area contributed by atoms with Crippen LogP contribution >= 0.6 is 0 Å². The molecule has 0 spiro atoms. The Morgan fingerprint density at radius 2 is 1.75 bits per heavy atom. The summed E-state index contributed by atoms with van der Waals surface area (Å²) >= 11 is 0. The van der Waals surface area contributed by atoms with Crippen molar-refractivity contribution in [1.82, 2.24) is 10.6 Å². The van der Waals surface area contributed by atoms with Crippen molar-refractivity contribution in [2.24, 2.45) is 5.92 Å². The summed E-state index contributed by atoms with van der Waals surface area (Å²) in [5.41, 5.74) is 0.436. The van der Waals surface area contributed by atoms with Gasteiger partial charge < -0.3 is 16.0 Å². The predicted molar refractivity (Wildman–Crippen MR) is 98.3 cm³/mol. The van der Waals surface area contributed by atoms with E-state index in [9.17, 15) is 22.8 Å². The SMILES string of the molecule is C=C1NC(=O)N[C@H](c2ccc(C)cc2)[C@H]1C(=O)Nc1ccccc1C(F)(F)F. The summed E-state index contributed by atoms with van der Waals surface area (Å²) in [5, 5.41) is 7.41. The Morgan fingerprint density at radius 1 is 1.11 bits per heavy atom. The van der Waals surface area contributed by atoms with E-state index in [1.807, 2.05) is 19.1 Å². The Morgan fingerprint density at radius 3 is 2.39 bits per heavy atom. The number of urea groups is 1. The maximum absolute atomic E-state index is 13.2. The minimum Gasteiger partial charge on any atom is -0.330 e. The molecule has 1 aliphatic rings. The van der Waals surface area contributed by atoms with Crippen molar-refractivity contribution in [3.8, 4) is 0 Å². The molecule has 3 rings (SSSR count). The molecule has 5 nitrogen and oxygen atoms in total. The molecule has 0 bridgehead atoms. The highest BCUT2D eigenvalue weighted by atomic mass is 19.4. The highest BCUT2D eigenvalue weighted by Gasteiger charge is 2.39. The number of benzene rings is 2. The molecular formula is C20H18F3N3O2. The molecule has 0 aromatic heterocycles. The number of rotatable bonds is 3. The molecular weight excluding hydrogens is 371 g/mol. The molecule has 1 fully saturated rings. The van der Waals surface area contributed by atoms with Crippen LogP contribution in [0.5, 0.6) is 0 Å². The average molecular weight is 389 g/mol. The summed E-state index contributed by atoms with van der Waals surface area (Å²) < 4.78 is 39.6. The fourth-order valence-electron chi connectivity index (χ4n) is 3.09. The zero-order valence-electron chi connectivity index (χ0n) is 14.9. The normalized spacial score (nSPS) is 19.6. The van der Waals surface area contributed by atoms with Crippen LogP contribution in [-0.4, -0.2) is 11.9 Å². The molecule has 2 aromatic carbocycles. The lowest BCUT2D eigenvalue weighted by molar-refractivity contribution is -0.137. The Bertz CT molecular complexity index is 923. The van der Waals surface area contributed by atoms with E-state index in [0.29, 0.717) is 5.56 Å². The third-order valence-corrected chi connectivity index (χ3v) is 4.48. The Labute approximate surface area is 159 Å². The molecule has 8 heteroatoms. The van der Waals surface area contributed by atoms with Gasteiger partial charge in [-0.15, -0.1) is 0 Å². The first-order chi connectivity index (χ1) is 13.2. The Hall–Kier alpha value is -3.29. The summed E-state index contributed by atoms with van der Waals surface area (Å²) in [4.78, 5) is 24.8. The highest BCUT2D eigenvalue weighted by Crippen LogP contribution is 2.36. The molecule has 2 aromatic rings. The van der Waals surface area contributed by atoms with Crippen LogP contribution in [0.2, 0.25) is 0 Å². The minimum atomic E-state index is -4.61. The van der Waals surface area contributed by atoms with Gasteiger partial charge in [-0.3, -0.25) is 4.79 Å². The molecule has 2 atom stereocenters. The van der Waals surface area contributed by atoms with E-state index >= 15 is 0 Å². The smallest absolute Gasteiger partial charge is 0.330 e. The van der Waals surface area contributed by atoms with Crippen LogP contribution in [0.1, 0.15) is 22.7 Å². The first kappa shape index (κ1) is 19.5. The van der Waals surface area contributed by atoms with Crippen LogP contribution in [0.15, 0.2) is 60.8 Å². The van der Waals surface area contributed by atoms with Gasteiger partial charge in [0.2, 0.25) is 5.91 Å². The van der Waals surface area contributed by atoms with Gasteiger partial charge in [-0.1, -0.05) is 48.5 Å². The molecule has 3 N–H and O–H groups in total. The first-order valence-electron chi connectivity index (χ1n) is 8.47. The van der Waals surface area contributed by atoms with Crippen LogP contribution in [0.25, 0.3) is 0 Å². The standard InChI is InChI=1S/C20H18F3N3O2/c1-11-7-9-13(10-8-11)17-16(12(2)24-19(28)26-17)18(27)25-15-6-4-3-5-14(15)20(21,22)23/h3-10,16-17H,2H2,1H3,(H,25,27)(H2,24,26,28)/t16-,17+/m0/s1. The van der Waals surface area contributed by atoms with Gasteiger partial charge in [-0.05, 0) is 24.6 Å². The quantitative estimate of drug-likeness (QED) is 0.739. The van der Waals surface area contributed by atoms with E-state index in [-0.39, 0.29) is 11.4 Å². The van der Waals surface area contributed by atoms with E-state index in [1.54, 1.807) is 12.1 Å². The molecule has 3 amide bonds. The van der Waals surface area contributed by atoms with E-state index in [2.05, 4.69) is 22.5 Å². The first-order valence-corrected chi connectivity index (χ1v) is 8.47. The molecule has 0 unspecified atom stereocenters. The Balaban J connectivity index is 1.93. The second-order valence-electron chi connectivity index (χ2n) is 6.52. The zero-order valence-corrected chi connectivity index (χ0v) is 14.9. The van der Waals surface area contributed by atoms with Crippen molar-refractivity contribution in [2.45, 2.75) is 19.1 Å². The van der Waals surface area contributed by atoms with Crippen molar-refractivity contribution in [3.63, 3.8) is 0 Å². The number of amides is 3. The number of para-hydroxylation sites is 1. The number of hydrogen-bond donors (Lipinski definition) is 3. The van der Waals surface area contributed by atoms with E-state index in [0.717, 1.165) is 11.6 Å². The Kier molecular flexibility index (Phi) is 5.13. The summed E-state index contributed by atoms with van der Waals surface area (Å²) in [7, 11) is 0. The molecule has 146 valence electrons. The fourth-order valence-corrected chi connectivity index (χ4v) is 3.09. The number of aryl methyl sites for hydroxylation is 1. The molecule has 0 saturated carbocycles. The van der Waals surface area contributed by atoms with Crippen molar-refractivity contribution >= 4 is 17.6 Å². The van der Waals surface area contributed by atoms with Gasteiger partial charge in [0.25, 0.3) is 0 Å². The average Bonchev–Trinajstić information content (AvgIpc) is 2.61. The molecule has 0 aliphatic carbocycles. The number of carbonyl (C=O) groups is 2. The van der Waals surface area contributed by atoms with E-state index in [4.69, 9.17) is 0 Å². The van der Waals surface area contributed by atoms with E-state index < -0.39 is 35.6 Å². The third-order valence-electron chi connectivity index (χ3n) is 4.48. The van der Waals surface area contributed by atoms with Crippen molar-refractivity contribution in [2.75, 3.05) is 5.32 Å². The van der Waals surface area contributed by atoms with Crippen molar-refractivity contribution in [1.29, 1.82) is 0 Å². The van der Waals surface area contributed by atoms with Crippen LogP contribution in [0.3, 0.4) is 0 Å². The second-order valence-corrected chi connectivity index (χ2v) is 6.52. The number of hydrogen-bond acceptors (Lipinski definition) is 2. The molecule has 1 heterocycles. The van der Waals surface area contributed by atoms with Gasteiger partial charge in [0, 0.05) is 5.70 Å². The number of halogens is 3. The van der Waals surface area contributed by atoms with Crippen molar-refractivity contribution < 1.29 is 22.8 Å². The summed E-state index contributed by atoms with van der Waals surface area (Å²) in [6.45, 7) is 5.61. The maximum atomic E-state index is 13.2. The number of carbonyl (C=O) groups excluding carboxylic acids is 2. The molecule has 1 aliphatic heterocycles. The number of nitrogens with one attached hydrogen (secondary N) is 3. The van der Waals surface area contributed by atoms with Gasteiger partial charge in [0.15, 0.2) is 0 Å².